The van der Waals surface area contributed by atoms with Crippen molar-refractivity contribution < 1.29 is 29.0 Å². The van der Waals surface area contributed by atoms with Crippen LogP contribution in [0, 0.1) is 11.8 Å². The van der Waals surface area contributed by atoms with Gasteiger partial charge in [-0.2, -0.15) is 0 Å². The second kappa shape index (κ2) is 16.2. The fourth-order valence-corrected chi connectivity index (χ4v) is 9.33. The van der Waals surface area contributed by atoms with Crippen LogP contribution in [0.3, 0.4) is 0 Å². The first-order valence-electron chi connectivity index (χ1n) is 20.5. The van der Waals surface area contributed by atoms with Crippen LogP contribution in [0.25, 0.3) is 33.6 Å². The maximum Gasteiger partial charge on any atom is 0.407 e. The van der Waals surface area contributed by atoms with E-state index in [9.17, 15) is 24.3 Å². The molecule has 7 rings (SSSR count). The number of nitrogens with zero attached hydrogens (tertiary/aromatic N) is 6. The number of imidazole rings is 2. The van der Waals surface area contributed by atoms with Gasteiger partial charge in [-0.05, 0) is 104 Å². The second-order valence-corrected chi connectivity index (χ2v) is 17.2. The van der Waals surface area contributed by atoms with Crippen molar-refractivity contribution in [3.63, 3.8) is 0 Å². The Balaban J connectivity index is 1.14. The predicted molar refractivity (Wildman–Crippen MR) is 223 cm³/mol. The summed E-state index contributed by atoms with van der Waals surface area (Å²) in [6.45, 7) is 10.9. The number of carbonyl (C=O) groups excluding carboxylic acids is 3. The number of fused-ring (bicyclic) bond motifs is 3. The molecular weight excluding hydrogens is 751 g/mol. The van der Waals surface area contributed by atoms with Crippen molar-refractivity contribution in [2.75, 3.05) is 41.3 Å². The molecule has 0 radical (unpaired) electrons. The van der Waals surface area contributed by atoms with Gasteiger partial charge in [-0.25, -0.2) is 19.6 Å². The highest BCUT2D eigenvalue weighted by Crippen LogP contribution is 2.52. The SMILES string of the molecule is COC(=O)N[C@H](C(=O)N1CCCC1c1ncc(-c2ccc3c(c2)C(C)(N(C)C)c2cc(-c4cnc([C@@H]5CCCN5C(=O)[C@H](C(C)C)N(C)C(=O)O)[nH]4)ccc2-3)[nH]1)C(C)C. The molecule has 15 heteroatoms. The molecule has 2 saturated heterocycles. The number of carboxylic acid groups (broad SMARTS) is 1. The molecule has 2 fully saturated rings. The van der Waals surface area contributed by atoms with E-state index >= 15 is 0 Å². The van der Waals surface area contributed by atoms with E-state index < -0.39 is 29.8 Å². The number of carbonyl (C=O) groups is 4. The number of hydrogen-bond donors (Lipinski definition) is 4. The molecular formula is C44H57N9O6. The van der Waals surface area contributed by atoms with Crippen LogP contribution in [0.2, 0.25) is 0 Å². The van der Waals surface area contributed by atoms with Crippen LogP contribution in [0.5, 0.6) is 0 Å². The maximum absolute atomic E-state index is 13.8. The molecule has 4 amide bonds. The van der Waals surface area contributed by atoms with Crippen molar-refractivity contribution in [2.24, 2.45) is 11.8 Å². The van der Waals surface area contributed by atoms with Gasteiger partial charge >= 0.3 is 12.2 Å². The summed E-state index contributed by atoms with van der Waals surface area (Å²) in [6, 6.07) is 11.0. The van der Waals surface area contributed by atoms with E-state index in [0.29, 0.717) is 24.7 Å². The summed E-state index contributed by atoms with van der Waals surface area (Å²) in [5.74, 6) is 0.749. The van der Waals surface area contributed by atoms with E-state index in [-0.39, 0.29) is 35.7 Å². The molecule has 15 nitrogen and oxygen atoms in total. The third kappa shape index (κ3) is 7.34. The second-order valence-electron chi connectivity index (χ2n) is 17.2. The van der Waals surface area contributed by atoms with E-state index in [2.05, 4.69) is 77.6 Å². The van der Waals surface area contributed by atoms with Gasteiger partial charge in [0.15, 0.2) is 0 Å². The molecule has 2 aromatic carbocycles. The Bertz CT molecular complexity index is 2250. The first kappa shape index (κ1) is 41.5. The number of aromatic nitrogens is 4. The van der Waals surface area contributed by atoms with Crippen LogP contribution >= 0.6 is 0 Å². The molecule has 3 aliphatic rings. The summed E-state index contributed by atoms with van der Waals surface area (Å²) in [6.07, 6.45) is 5.04. The number of methoxy groups -OCH3 is 1. The van der Waals surface area contributed by atoms with Gasteiger partial charge in [-0.3, -0.25) is 19.4 Å². The van der Waals surface area contributed by atoms with Crippen molar-refractivity contribution >= 4 is 24.0 Å². The molecule has 4 N–H and O–H groups in total. The van der Waals surface area contributed by atoms with Crippen molar-refractivity contribution in [3.8, 4) is 33.6 Å². The summed E-state index contributed by atoms with van der Waals surface area (Å²) in [7, 11) is 6.92. The van der Waals surface area contributed by atoms with Gasteiger partial charge in [0.25, 0.3) is 0 Å². The lowest BCUT2D eigenvalue weighted by Crippen LogP contribution is -2.51. The summed E-state index contributed by atoms with van der Waals surface area (Å²) in [5, 5.41) is 12.4. The van der Waals surface area contributed by atoms with Crippen molar-refractivity contribution in [1.82, 2.24) is 44.9 Å². The van der Waals surface area contributed by atoms with Gasteiger partial charge in [0.05, 0.1) is 48.5 Å². The smallest absolute Gasteiger partial charge is 0.407 e. The number of rotatable bonds is 11. The Morgan fingerprint density at radius 3 is 1.73 bits per heavy atom. The van der Waals surface area contributed by atoms with Crippen molar-refractivity contribution in [2.45, 2.75) is 90.0 Å². The zero-order valence-corrected chi connectivity index (χ0v) is 35.5. The van der Waals surface area contributed by atoms with Crippen LogP contribution in [0.4, 0.5) is 9.59 Å². The van der Waals surface area contributed by atoms with Crippen LogP contribution < -0.4 is 5.32 Å². The van der Waals surface area contributed by atoms with Gasteiger partial charge in [-0.1, -0.05) is 52.0 Å². The summed E-state index contributed by atoms with van der Waals surface area (Å²) < 4.78 is 4.79. The minimum atomic E-state index is -1.13. The van der Waals surface area contributed by atoms with Crippen LogP contribution in [0.1, 0.15) is 95.2 Å². The fourth-order valence-electron chi connectivity index (χ4n) is 9.33. The van der Waals surface area contributed by atoms with E-state index in [1.54, 1.807) is 4.90 Å². The fraction of sp³-hybridized carbons (Fsp3) is 0.500. The molecule has 0 saturated carbocycles. The van der Waals surface area contributed by atoms with Crippen LogP contribution in [-0.2, 0) is 19.9 Å². The Morgan fingerprint density at radius 2 is 1.31 bits per heavy atom. The van der Waals surface area contributed by atoms with Gasteiger partial charge in [-0.15, -0.1) is 0 Å². The molecule has 1 aliphatic carbocycles. The summed E-state index contributed by atoms with van der Waals surface area (Å²) >= 11 is 0. The molecule has 2 unspecified atom stereocenters. The molecule has 5 atom stereocenters. The first-order valence-corrected chi connectivity index (χ1v) is 20.5. The Morgan fingerprint density at radius 1 is 0.814 bits per heavy atom. The normalized spacial score (nSPS) is 20.9. The average Bonchev–Trinajstić information content (AvgIpc) is 4.06. The van der Waals surface area contributed by atoms with Crippen LogP contribution in [0.15, 0.2) is 48.8 Å². The average molecular weight is 808 g/mol. The van der Waals surface area contributed by atoms with Crippen molar-refractivity contribution in [1.29, 1.82) is 0 Å². The van der Waals surface area contributed by atoms with Crippen LogP contribution in [-0.4, -0.2) is 122 Å². The number of likely N-dealkylation sites (tertiary alicyclic amines) is 2. The highest BCUT2D eigenvalue weighted by atomic mass is 16.5. The molecule has 59 heavy (non-hydrogen) atoms. The standard InChI is InChI=1S/C44H57N9O6/c1-24(2)36(49-42(56)59-9)40(54)52-18-10-12-34(52)38-45-22-32(47-38)26-14-16-28-29-17-15-27(21-31(29)44(5,50(6)7)30(28)20-26)33-23-46-39(48-33)35-13-11-19-53(35)41(55)37(25(3)4)51(8)43(57)58/h14-17,20-25,34-37H,10-13,18-19H2,1-9H3,(H,45,47)(H,46,48)(H,49,56)(H,57,58)/t34?,35-,36-,37-,44?/m0/s1. The third-order valence-corrected chi connectivity index (χ3v) is 12.8. The summed E-state index contributed by atoms with van der Waals surface area (Å²) in [5.41, 5.74) is 7.77. The number of alkyl carbamates (subject to hydrolysis) is 1. The molecule has 2 aliphatic heterocycles. The number of aromatic amines is 2. The largest absolute Gasteiger partial charge is 0.465 e. The monoisotopic (exact) mass is 807 g/mol. The lowest BCUT2D eigenvalue weighted by Gasteiger charge is -2.35. The zero-order valence-electron chi connectivity index (χ0n) is 35.5. The number of ether oxygens (including phenoxy) is 1. The number of hydrogen-bond acceptors (Lipinski definition) is 8. The summed E-state index contributed by atoms with van der Waals surface area (Å²) in [4.78, 5) is 75.0. The van der Waals surface area contributed by atoms with Gasteiger partial charge < -0.3 is 34.9 Å². The topological polar surface area (TPSA) is 180 Å². The van der Waals surface area contributed by atoms with Crippen molar-refractivity contribution in [3.05, 3.63) is 71.6 Å². The number of H-pyrrole nitrogens is 2. The Hall–Kier alpha value is -5.70. The third-order valence-electron chi connectivity index (χ3n) is 12.8. The van der Waals surface area contributed by atoms with Gasteiger partial charge in [0.2, 0.25) is 11.8 Å². The number of likely N-dealkylation sites (N-methyl/N-ethyl adjacent to an activating group) is 1. The highest BCUT2D eigenvalue weighted by molar-refractivity contribution is 5.88. The predicted octanol–water partition coefficient (Wildman–Crippen LogP) is 6.61. The number of benzene rings is 2. The molecule has 4 aromatic rings. The van der Waals surface area contributed by atoms with E-state index in [1.165, 1.54) is 14.2 Å². The molecule has 0 bridgehead atoms. The highest BCUT2D eigenvalue weighted by Gasteiger charge is 2.43. The maximum atomic E-state index is 13.8. The quantitative estimate of drug-likeness (QED) is 0.130. The minimum Gasteiger partial charge on any atom is -0.465 e. The Labute approximate surface area is 345 Å². The lowest BCUT2D eigenvalue weighted by molar-refractivity contribution is -0.138. The Kier molecular flexibility index (Phi) is 11.4. The lowest BCUT2D eigenvalue weighted by atomic mass is 9.86. The molecule has 4 heterocycles. The van der Waals surface area contributed by atoms with Gasteiger partial charge in [0, 0.05) is 20.1 Å². The van der Waals surface area contributed by atoms with E-state index in [1.807, 2.05) is 45.0 Å². The minimum absolute atomic E-state index is 0.122. The molecule has 2 aromatic heterocycles. The van der Waals surface area contributed by atoms with Gasteiger partial charge in [0.1, 0.15) is 23.7 Å². The van der Waals surface area contributed by atoms with E-state index in [0.717, 1.165) is 75.4 Å². The van der Waals surface area contributed by atoms with E-state index in [4.69, 9.17) is 14.7 Å². The number of amides is 4. The zero-order chi connectivity index (χ0) is 42.5. The molecule has 0 spiro atoms. The number of nitrogens with one attached hydrogen (secondary N) is 3. The molecule has 314 valence electrons. The first-order chi connectivity index (χ1) is 28.1.